The minimum atomic E-state index is -3.70. The maximum absolute atomic E-state index is 12.7. The minimum Gasteiger partial charge on any atom is -0.449 e. The van der Waals surface area contributed by atoms with Crippen molar-refractivity contribution in [2.75, 3.05) is 5.32 Å². The smallest absolute Gasteiger partial charge is 0.339 e. The zero-order valence-corrected chi connectivity index (χ0v) is 18.3. The highest BCUT2D eigenvalue weighted by atomic mass is 32.2. The van der Waals surface area contributed by atoms with Crippen molar-refractivity contribution in [3.8, 4) is 0 Å². The van der Waals surface area contributed by atoms with Gasteiger partial charge in [0.2, 0.25) is 10.0 Å². The zero-order valence-electron chi connectivity index (χ0n) is 17.5. The fourth-order valence-corrected chi connectivity index (χ4v) is 4.19. The Bertz CT molecular complexity index is 1090. The largest absolute Gasteiger partial charge is 0.449 e. The molecule has 0 spiro atoms. The van der Waals surface area contributed by atoms with Gasteiger partial charge in [0.15, 0.2) is 6.10 Å². The molecule has 7 nitrogen and oxygen atoms in total. The van der Waals surface area contributed by atoms with Gasteiger partial charge in [0.05, 0.1) is 10.5 Å². The van der Waals surface area contributed by atoms with Crippen LogP contribution in [0.4, 0.5) is 5.69 Å². The molecule has 160 valence electrons. The molecule has 1 unspecified atom stereocenters. The molecule has 8 heteroatoms. The minimum absolute atomic E-state index is 0.000518. The summed E-state index contributed by atoms with van der Waals surface area (Å²) in [4.78, 5) is 25.1. The van der Waals surface area contributed by atoms with E-state index in [2.05, 4.69) is 10.0 Å². The molecule has 2 N–H and O–H groups in total. The summed E-state index contributed by atoms with van der Waals surface area (Å²) >= 11 is 0. The summed E-state index contributed by atoms with van der Waals surface area (Å²) in [5, 5.41) is 2.76. The van der Waals surface area contributed by atoms with Gasteiger partial charge in [-0.2, -0.15) is 0 Å². The van der Waals surface area contributed by atoms with Crippen LogP contribution in [0.15, 0.2) is 41.3 Å². The number of hydrogen-bond acceptors (Lipinski definition) is 5. The van der Waals surface area contributed by atoms with Gasteiger partial charge in [-0.05, 0) is 75.4 Å². The third-order valence-electron chi connectivity index (χ3n) is 4.94. The van der Waals surface area contributed by atoms with E-state index in [1.54, 1.807) is 13.0 Å². The number of sulfonamides is 1. The van der Waals surface area contributed by atoms with E-state index in [1.807, 2.05) is 32.0 Å². The second-order valence-electron chi connectivity index (χ2n) is 7.73. The van der Waals surface area contributed by atoms with Crippen molar-refractivity contribution in [1.82, 2.24) is 4.72 Å². The highest BCUT2D eigenvalue weighted by Crippen LogP contribution is 2.24. The lowest BCUT2D eigenvalue weighted by molar-refractivity contribution is -0.123. The monoisotopic (exact) mass is 430 g/mol. The molecule has 0 aromatic heterocycles. The van der Waals surface area contributed by atoms with E-state index in [1.165, 1.54) is 19.1 Å². The zero-order chi connectivity index (χ0) is 22.1. The van der Waals surface area contributed by atoms with Crippen molar-refractivity contribution >= 4 is 27.6 Å². The molecule has 1 aliphatic rings. The predicted molar refractivity (Wildman–Crippen MR) is 114 cm³/mol. The average molecular weight is 431 g/mol. The maximum Gasteiger partial charge on any atom is 0.339 e. The van der Waals surface area contributed by atoms with Crippen LogP contribution in [-0.4, -0.2) is 32.4 Å². The van der Waals surface area contributed by atoms with E-state index in [0.717, 1.165) is 24.0 Å². The summed E-state index contributed by atoms with van der Waals surface area (Å²) in [5.74, 6) is -1.21. The summed E-state index contributed by atoms with van der Waals surface area (Å²) in [6.45, 7) is 6.95. The van der Waals surface area contributed by atoms with Crippen LogP contribution in [0.25, 0.3) is 0 Å². The molecule has 2 aromatic carbocycles. The summed E-state index contributed by atoms with van der Waals surface area (Å²) < 4.78 is 32.8. The van der Waals surface area contributed by atoms with Gasteiger partial charge in [-0.25, -0.2) is 17.9 Å². The van der Waals surface area contributed by atoms with Gasteiger partial charge < -0.3 is 10.1 Å². The van der Waals surface area contributed by atoms with Gasteiger partial charge in [-0.3, -0.25) is 4.79 Å². The van der Waals surface area contributed by atoms with Crippen molar-refractivity contribution < 1.29 is 22.7 Å². The van der Waals surface area contributed by atoms with Gasteiger partial charge >= 0.3 is 5.97 Å². The molecule has 1 aliphatic carbocycles. The number of benzene rings is 2. The highest BCUT2D eigenvalue weighted by molar-refractivity contribution is 7.89. The van der Waals surface area contributed by atoms with Crippen LogP contribution in [0.5, 0.6) is 0 Å². The van der Waals surface area contributed by atoms with E-state index >= 15 is 0 Å². The summed E-state index contributed by atoms with van der Waals surface area (Å²) in [5.41, 5.74) is 3.21. The lowest BCUT2D eigenvalue weighted by Crippen LogP contribution is -2.30. The molecule has 30 heavy (non-hydrogen) atoms. The number of amides is 1. The van der Waals surface area contributed by atoms with Crippen molar-refractivity contribution in [1.29, 1.82) is 0 Å². The SMILES string of the molecule is Cc1ccc(C)c(NC(=O)C(C)OC(=O)c2cc(S(=O)(=O)NC3CC3)ccc2C)c1. The van der Waals surface area contributed by atoms with Gasteiger partial charge in [0.1, 0.15) is 0 Å². The molecule has 0 heterocycles. The number of nitrogens with one attached hydrogen (secondary N) is 2. The van der Waals surface area contributed by atoms with E-state index in [9.17, 15) is 18.0 Å². The summed E-state index contributed by atoms with van der Waals surface area (Å²) in [6, 6.07) is 9.93. The van der Waals surface area contributed by atoms with Crippen LogP contribution in [0.3, 0.4) is 0 Å². The third kappa shape index (κ3) is 5.25. The summed E-state index contributed by atoms with van der Waals surface area (Å²) in [6.07, 6.45) is 0.571. The Morgan fingerprint density at radius 3 is 2.37 bits per heavy atom. The van der Waals surface area contributed by atoms with Crippen LogP contribution in [0, 0.1) is 20.8 Å². The number of carbonyl (C=O) groups is 2. The van der Waals surface area contributed by atoms with Crippen molar-refractivity contribution in [3.05, 3.63) is 58.7 Å². The van der Waals surface area contributed by atoms with Gasteiger partial charge in [0, 0.05) is 11.7 Å². The number of carbonyl (C=O) groups excluding carboxylic acids is 2. The first-order chi connectivity index (χ1) is 14.1. The third-order valence-corrected chi connectivity index (χ3v) is 6.46. The fourth-order valence-electron chi connectivity index (χ4n) is 2.86. The molecule has 1 atom stereocenters. The standard InChI is InChI=1S/C22H26N2O5S/c1-13-5-6-15(3)20(11-13)23-21(25)16(4)29-22(26)19-12-18(10-7-14(19)2)30(27,28)24-17-8-9-17/h5-7,10-12,16-17,24H,8-9H2,1-4H3,(H,23,25). The number of anilines is 1. The lowest BCUT2D eigenvalue weighted by Gasteiger charge is -2.16. The highest BCUT2D eigenvalue weighted by Gasteiger charge is 2.29. The Morgan fingerprint density at radius 1 is 1.03 bits per heavy atom. The Labute approximate surface area is 176 Å². The van der Waals surface area contributed by atoms with Crippen LogP contribution in [0.2, 0.25) is 0 Å². The number of rotatable bonds is 7. The molecule has 2 aromatic rings. The van der Waals surface area contributed by atoms with Crippen molar-refractivity contribution in [2.45, 2.75) is 57.6 Å². The summed E-state index contributed by atoms with van der Waals surface area (Å²) in [7, 11) is -3.70. The Hall–Kier alpha value is -2.71. The molecule has 0 bridgehead atoms. The number of ether oxygens (including phenoxy) is 1. The van der Waals surface area contributed by atoms with Crippen LogP contribution < -0.4 is 10.0 Å². The van der Waals surface area contributed by atoms with Crippen LogP contribution in [-0.2, 0) is 19.6 Å². The Morgan fingerprint density at radius 2 is 1.70 bits per heavy atom. The van der Waals surface area contributed by atoms with Crippen LogP contribution >= 0.6 is 0 Å². The molecule has 0 radical (unpaired) electrons. The van der Waals surface area contributed by atoms with E-state index in [4.69, 9.17) is 4.74 Å². The molecule has 1 amide bonds. The molecule has 3 rings (SSSR count). The average Bonchev–Trinajstić information content (AvgIpc) is 3.48. The number of aryl methyl sites for hydroxylation is 3. The first kappa shape index (κ1) is 22.0. The molecule has 0 saturated heterocycles. The molecule has 1 saturated carbocycles. The quantitative estimate of drug-likeness (QED) is 0.657. The molecule has 0 aliphatic heterocycles. The Kier molecular flexibility index (Phi) is 6.28. The first-order valence-electron chi connectivity index (χ1n) is 9.79. The Balaban J connectivity index is 1.72. The maximum atomic E-state index is 12.7. The van der Waals surface area contributed by atoms with Gasteiger partial charge in [-0.1, -0.05) is 18.2 Å². The van der Waals surface area contributed by atoms with Crippen molar-refractivity contribution in [2.24, 2.45) is 0 Å². The fraction of sp³-hybridized carbons (Fsp3) is 0.364. The number of esters is 1. The predicted octanol–water partition coefficient (Wildman–Crippen LogP) is 3.24. The molecular formula is C22H26N2O5S. The van der Waals surface area contributed by atoms with Gasteiger partial charge in [0.25, 0.3) is 5.91 Å². The molecule has 1 fully saturated rings. The second-order valence-corrected chi connectivity index (χ2v) is 9.44. The van der Waals surface area contributed by atoms with Crippen LogP contribution in [0.1, 0.15) is 46.8 Å². The van der Waals surface area contributed by atoms with E-state index < -0.39 is 28.0 Å². The molecular weight excluding hydrogens is 404 g/mol. The van der Waals surface area contributed by atoms with Gasteiger partial charge in [-0.15, -0.1) is 0 Å². The van der Waals surface area contributed by atoms with Crippen molar-refractivity contribution in [3.63, 3.8) is 0 Å². The lowest BCUT2D eigenvalue weighted by atomic mass is 10.1. The van der Waals surface area contributed by atoms with E-state index in [0.29, 0.717) is 11.3 Å². The topological polar surface area (TPSA) is 102 Å². The first-order valence-corrected chi connectivity index (χ1v) is 11.3. The van der Waals surface area contributed by atoms with E-state index in [-0.39, 0.29) is 16.5 Å². The number of hydrogen-bond donors (Lipinski definition) is 2. The normalized spacial score (nSPS) is 14.8. The second kappa shape index (κ2) is 8.57.